The van der Waals surface area contributed by atoms with Crippen molar-refractivity contribution in [1.29, 1.82) is 0 Å². The maximum absolute atomic E-state index is 13.8. The molecule has 6 aliphatic heterocycles. The third-order valence-electron chi connectivity index (χ3n) is 25.8. The van der Waals surface area contributed by atoms with Crippen molar-refractivity contribution in [2.75, 3.05) is 14.2 Å². The van der Waals surface area contributed by atoms with E-state index in [4.69, 9.17) is 56.2 Å². The van der Waals surface area contributed by atoms with E-state index in [1.54, 1.807) is 123 Å². The third kappa shape index (κ3) is 8.97. The molecule has 2 aromatic heterocycles. The first kappa shape index (κ1) is 72.7. The lowest BCUT2D eigenvalue weighted by Gasteiger charge is -2.69. The third-order valence-corrected chi connectivity index (χ3v) is 25.8. The zero-order valence-corrected chi connectivity index (χ0v) is 58.9. The number of rotatable bonds is 16. The van der Waals surface area contributed by atoms with Crippen molar-refractivity contribution >= 4 is 47.8 Å². The summed E-state index contributed by atoms with van der Waals surface area (Å²) in [4.78, 5) is 108. The lowest BCUT2D eigenvalue weighted by atomic mass is 9.36. The van der Waals surface area contributed by atoms with E-state index in [9.17, 15) is 69.0 Å². The maximum Gasteiger partial charge on any atom is 0.331 e. The number of aliphatic hydroxyl groups excluding tert-OH is 2. The van der Waals surface area contributed by atoms with Gasteiger partial charge in [0.15, 0.2) is 23.4 Å². The number of furan rings is 2. The Labute approximate surface area is 568 Å². The number of esters is 8. The minimum absolute atomic E-state index is 0.0871. The SMILES string of the molecule is CCC(C)C(=O)O[C@H]1C(C)(C)[C@H](CC(=O)OC)[C@@]2(C)C3C[C@H](O)[C@]4(C)C(=CC(=O)O[C@H]4c4ccoc4)C34OC2(O)C1(O)[C@H]4OC(=O)C(C)C.CCC(C)C(=O)O[C@H]1C23OC4(O)C1(O)[C@@H](OC(=O)C(C)C)C(C)(C)[C@H](CC(=O)OC)[C@@]4(C)C2C[C@H](O)[C@]1(C)C3=CC(=O)O[C@H]1c1ccoc1. The summed E-state index contributed by atoms with van der Waals surface area (Å²) in [6, 6.07) is 3.20. The van der Waals surface area contributed by atoms with E-state index in [0.717, 1.165) is 0 Å². The predicted octanol–water partition coefficient (Wildman–Crippen LogP) is 6.29. The highest BCUT2D eigenvalue weighted by molar-refractivity contribution is 5.87. The summed E-state index contributed by atoms with van der Waals surface area (Å²) in [7, 11) is 2.46. The number of methoxy groups -OCH3 is 2. The molecule has 10 unspecified atom stereocenters. The van der Waals surface area contributed by atoms with Gasteiger partial charge in [-0.3, -0.25) is 28.8 Å². The second-order valence-electron chi connectivity index (χ2n) is 31.8. The second kappa shape index (κ2) is 23.5. The van der Waals surface area contributed by atoms with Crippen LogP contribution in [0.1, 0.15) is 173 Å². The van der Waals surface area contributed by atoms with Crippen LogP contribution >= 0.6 is 0 Å². The number of aliphatic hydroxyl groups is 6. The van der Waals surface area contributed by atoms with Gasteiger partial charge in [0.25, 0.3) is 0 Å². The van der Waals surface area contributed by atoms with Crippen molar-refractivity contribution in [3.05, 3.63) is 71.6 Å². The summed E-state index contributed by atoms with van der Waals surface area (Å²) < 4.78 is 71.0. The Morgan fingerprint density at radius 2 is 0.847 bits per heavy atom. The Morgan fingerprint density at radius 3 is 1.15 bits per heavy atom. The van der Waals surface area contributed by atoms with Gasteiger partial charge >= 0.3 is 47.8 Å². The number of fused-ring (bicyclic) bond motifs is 4. The summed E-state index contributed by atoms with van der Waals surface area (Å²) >= 11 is 0. The van der Waals surface area contributed by atoms with Crippen molar-refractivity contribution in [2.45, 2.75) is 232 Å². The number of carbonyl (C=O) groups excluding carboxylic acids is 8. The number of hydrogen-bond donors (Lipinski definition) is 6. The van der Waals surface area contributed by atoms with Crippen molar-refractivity contribution in [2.24, 2.45) is 79.8 Å². The highest BCUT2D eigenvalue weighted by Gasteiger charge is 2.99. The molecule has 26 nitrogen and oxygen atoms in total. The Morgan fingerprint density at radius 1 is 0.520 bits per heavy atom. The predicted molar refractivity (Wildman–Crippen MR) is 335 cm³/mol. The molecule has 26 heteroatoms. The molecule has 4 saturated carbocycles. The van der Waals surface area contributed by atoms with Gasteiger partial charge in [0.1, 0.15) is 35.6 Å². The maximum atomic E-state index is 13.8. The molecule has 4 bridgehead atoms. The number of hydrogen-bond acceptors (Lipinski definition) is 26. The van der Waals surface area contributed by atoms with E-state index in [1.165, 1.54) is 51.4 Å². The van der Waals surface area contributed by atoms with Gasteiger partial charge in [-0.25, -0.2) is 9.59 Å². The van der Waals surface area contributed by atoms with E-state index < -0.39 is 210 Å². The topological polar surface area (TPSA) is 377 Å². The molecule has 12 rings (SSSR count). The van der Waals surface area contributed by atoms with Crippen LogP contribution in [-0.4, -0.2) is 163 Å². The standard InChI is InChI=1S/2C36H48O13/c1-10-18(4)28(41)48-29-31(5,6)20(14-24(38)44-9)33(8)22-13-23(37)32(7)21(15-25(39)46-26(32)19-11-12-45-16-19)34(22)30(47-27(40)17(2)3)35(29,42)36(33,43)49-34;1-10-18(4)28(41)48-30-34-21-15-25(39)46-26(19-11-12-45-16-19)32(21,7)23(37)13-22(34)33(8)20(14-24(38)44-9)31(5,6)29(47-27(40)17(2)3)35(30,42)36(33,43)49-34/h2*11-12,15-18,20,22-23,26,29-30,37,42-43H,10,13-14H2,1-9H3/t2*18?,20-,22?,23-,26-,29-,30-,32-,33-,34?,35?,36?/m00/s1. The normalized spacial score (nSPS) is 43.5. The lowest BCUT2D eigenvalue weighted by molar-refractivity contribution is -0.386. The Bertz CT molecular complexity index is 3620. The first-order valence-electron chi connectivity index (χ1n) is 34.0. The molecular weight excluding hydrogens is 1280 g/mol. The van der Waals surface area contributed by atoms with Gasteiger partial charge in [0.2, 0.25) is 11.6 Å². The van der Waals surface area contributed by atoms with Crippen molar-refractivity contribution < 1.29 is 125 Å². The lowest BCUT2D eigenvalue weighted by Crippen LogP contribution is -2.85. The number of cyclic esters (lactones) is 2. The molecule has 6 N–H and O–H groups in total. The van der Waals surface area contributed by atoms with Crippen LogP contribution in [0.5, 0.6) is 0 Å². The molecule has 2 spiro atoms. The van der Waals surface area contributed by atoms with Gasteiger partial charge in [-0.1, -0.05) is 96.9 Å². The quantitative estimate of drug-likeness (QED) is 0.0794. The van der Waals surface area contributed by atoms with Gasteiger partial charge in [-0.15, -0.1) is 0 Å². The van der Waals surface area contributed by atoms with Crippen molar-refractivity contribution in [3.8, 4) is 0 Å². The average Bonchev–Trinajstić information content (AvgIpc) is 1.43. The van der Waals surface area contributed by atoms with Crippen LogP contribution in [0.15, 0.2) is 69.3 Å². The average molecular weight is 1380 g/mol. The molecule has 2 aromatic rings. The van der Waals surface area contributed by atoms with E-state index >= 15 is 0 Å². The van der Waals surface area contributed by atoms with E-state index in [2.05, 4.69) is 0 Å². The van der Waals surface area contributed by atoms with Gasteiger partial charge in [-0.2, -0.15) is 0 Å². The van der Waals surface area contributed by atoms with Crippen LogP contribution in [0.4, 0.5) is 0 Å². The monoisotopic (exact) mass is 1380 g/mol. The first-order valence-corrected chi connectivity index (χ1v) is 34.0. The molecule has 4 saturated heterocycles. The fraction of sp³-hybridized carbons (Fsp3) is 0.722. The molecule has 10 aliphatic rings. The fourth-order valence-electron chi connectivity index (χ4n) is 20.3. The van der Waals surface area contributed by atoms with E-state index in [0.29, 0.717) is 24.0 Å². The molecule has 540 valence electrons. The Kier molecular flexibility index (Phi) is 17.5. The molecular formula is C72H96O26. The molecule has 8 fully saturated rings. The zero-order valence-electron chi connectivity index (χ0n) is 58.9. The van der Waals surface area contributed by atoms with Gasteiger partial charge in [-0.05, 0) is 74.6 Å². The summed E-state index contributed by atoms with van der Waals surface area (Å²) in [5.74, 6) is -17.3. The van der Waals surface area contributed by atoms with Gasteiger partial charge < -0.3 is 86.8 Å². The highest BCUT2D eigenvalue weighted by atomic mass is 16.7. The molecule has 0 amide bonds. The van der Waals surface area contributed by atoms with Crippen LogP contribution in [0, 0.1) is 79.8 Å². The number of ether oxygens (including phenoxy) is 10. The minimum atomic E-state index is -2.65. The van der Waals surface area contributed by atoms with Crippen molar-refractivity contribution in [3.63, 3.8) is 0 Å². The van der Waals surface area contributed by atoms with Gasteiger partial charge in [0, 0.05) is 69.6 Å². The smallest absolute Gasteiger partial charge is 0.331 e. The van der Waals surface area contributed by atoms with E-state index in [-0.39, 0.29) is 36.8 Å². The van der Waals surface area contributed by atoms with Crippen LogP contribution in [-0.2, 0) is 85.7 Å². The summed E-state index contributed by atoms with van der Waals surface area (Å²) in [5, 5.41) is 77.5. The number of carbonyl (C=O) groups is 8. The second-order valence-corrected chi connectivity index (χ2v) is 31.8. The largest absolute Gasteiger partial charge is 0.472 e. The van der Waals surface area contributed by atoms with Crippen LogP contribution in [0.25, 0.3) is 0 Å². The van der Waals surface area contributed by atoms with Crippen LogP contribution in [0.2, 0.25) is 0 Å². The fourth-order valence-corrected chi connectivity index (χ4v) is 20.3. The van der Waals surface area contributed by atoms with Crippen LogP contribution < -0.4 is 0 Å². The molecule has 0 aromatic carbocycles. The molecule has 98 heavy (non-hydrogen) atoms. The highest BCUT2D eigenvalue weighted by Crippen LogP contribution is 2.84. The summed E-state index contributed by atoms with van der Waals surface area (Å²) in [5.41, 5.74) is -16.7. The summed E-state index contributed by atoms with van der Waals surface area (Å²) in [6.45, 7) is 26.9. The minimum Gasteiger partial charge on any atom is -0.472 e. The summed E-state index contributed by atoms with van der Waals surface area (Å²) in [6.07, 6.45) is -3.39. The first-order chi connectivity index (χ1) is 45.5. The van der Waals surface area contributed by atoms with E-state index in [1.807, 2.05) is 0 Å². The van der Waals surface area contributed by atoms with Gasteiger partial charge in [0.05, 0.1) is 86.0 Å². The Hall–Kier alpha value is -6.52. The zero-order chi connectivity index (χ0) is 72.6. The Balaban J connectivity index is 0.000000198. The van der Waals surface area contributed by atoms with Crippen molar-refractivity contribution in [1.82, 2.24) is 0 Å². The molecule has 8 heterocycles. The molecule has 0 radical (unpaired) electrons. The van der Waals surface area contributed by atoms with Crippen LogP contribution in [0.3, 0.4) is 0 Å². The molecule has 4 aliphatic carbocycles. The molecule has 24 atom stereocenters.